The van der Waals surface area contributed by atoms with E-state index in [1.807, 2.05) is 0 Å². The molecule has 17 heavy (non-hydrogen) atoms. The van der Waals surface area contributed by atoms with Gasteiger partial charge in [-0.3, -0.25) is 10.1 Å². The van der Waals surface area contributed by atoms with E-state index in [9.17, 15) is 19.3 Å². The van der Waals surface area contributed by atoms with E-state index in [2.05, 4.69) is 9.47 Å². The van der Waals surface area contributed by atoms with Crippen molar-refractivity contribution in [2.45, 2.75) is 0 Å². The van der Waals surface area contributed by atoms with E-state index >= 15 is 0 Å². The second-order valence-corrected chi connectivity index (χ2v) is 3.05. The van der Waals surface area contributed by atoms with Crippen LogP contribution in [0.2, 0.25) is 0 Å². The van der Waals surface area contributed by atoms with Crippen LogP contribution in [-0.2, 0) is 9.47 Å². The van der Waals surface area contributed by atoms with Gasteiger partial charge in [-0.25, -0.2) is 9.18 Å². The Morgan fingerprint density at radius 2 is 2.18 bits per heavy atom. The van der Waals surface area contributed by atoms with Gasteiger partial charge in [-0.1, -0.05) is 0 Å². The van der Waals surface area contributed by atoms with Gasteiger partial charge in [0.15, 0.2) is 0 Å². The number of carbonyl (C=O) groups is 1. The Hall–Kier alpha value is -2.02. The van der Waals surface area contributed by atoms with E-state index in [0.29, 0.717) is 0 Å². The lowest BCUT2D eigenvalue weighted by Crippen LogP contribution is -2.12. The minimum Gasteiger partial charge on any atom is -0.459 e. The molecular formula is C10H10FNO5. The van der Waals surface area contributed by atoms with Crippen LogP contribution in [0.15, 0.2) is 18.2 Å². The highest BCUT2D eigenvalue weighted by molar-refractivity contribution is 5.93. The molecular weight excluding hydrogens is 233 g/mol. The molecule has 0 aliphatic carbocycles. The third-order valence-electron chi connectivity index (χ3n) is 1.90. The van der Waals surface area contributed by atoms with E-state index in [4.69, 9.17) is 0 Å². The van der Waals surface area contributed by atoms with Crippen LogP contribution in [0.4, 0.5) is 10.1 Å². The summed E-state index contributed by atoms with van der Waals surface area (Å²) in [4.78, 5) is 21.3. The predicted molar refractivity (Wildman–Crippen MR) is 55.2 cm³/mol. The average Bonchev–Trinajstić information content (AvgIpc) is 2.28. The fourth-order valence-electron chi connectivity index (χ4n) is 1.13. The topological polar surface area (TPSA) is 78.7 Å². The smallest absolute Gasteiger partial charge is 0.345 e. The molecule has 0 saturated heterocycles. The predicted octanol–water partition coefficient (Wildman–Crippen LogP) is 1.54. The maximum absolute atomic E-state index is 12.9. The number of esters is 1. The minimum absolute atomic E-state index is 0.0526. The van der Waals surface area contributed by atoms with E-state index in [1.165, 1.54) is 7.11 Å². The van der Waals surface area contributed by atoms with Gasteiger partial charge in [0, 0.05) is 13.2 Å². The lowest BCUT2D eigenvalue weighted by atomic mass is 10.2. The molecule has 6 nitrogen and oxygen atoms in total. The van der Waals surface area contributed by atoms with Crippen molar-refractivity contribution >= 4 is 11.7 Å². The molecule has 0 aromatic heterocycles. The molecule has 0 aliphatic rings. The number of nitro benzene ring substituents is 1. The zero-order valence-corrected chi connectivity index (χ0v) is 9.01. The Balaban J connectivity index is 2.90. The van der Waals surface area contributed by atoms with Gasteiger partial charge in [-0.15, -0.1) is 0 Å². The Kier molecular flexibility index (Phi) is 4.53. The van der Waals surface area contributed by atoms with Crippen molar-refractivity contribution in [1.29, 1.82) is 0 Å². The average molecular weight is 243 g/mol. The number of halogens is 1. The molecule has 1 aromatic carbocycles. The quantitative estimate of drug-likeness (QED) is 0.339. The first kappa shape index (κ1) is 13.0. The van der Waals surface area contributed by atoms with Crippen molar-refractivity contribution in [2.24, 2.45) is 0 Å². The Morgan fingerprint density at radius 1 is 1.47 bits per heavy atom. The first-order chi connectivity index (χ1) is 8.06. The van der Waals surface area contributed by atoms with Crippen LogP contribution in [0.5, 0.6) is 0 Å². The van der Waals surface area contributed by atoms with Crippen molar-refractivity contribution in [3.8, 4) is 0 Å². The summed E-state index contributed by atoms with van der Waals surface area (Å²) in [7, 11) is 1.42. The lowest BCUT2D eigenvalue weighted by molar-refractivity contribution is -0.385. The number of ether oxygens (including phenoxy) is 2. The molecule has 0 radical (unpaired) electrons. The standard InChI is InChI=1S/C10H10FNO5/c1-16-4-5-17-10(13)8-6-7(11)2-3-9(8)12(14)15/h2-3,6H,4-5H2,1H3. The number of nitrogens with zero attached hydrogens (tertiary/aromatic N) is 1. The van der Waals surface area contributed by atoms with Crippen LogP contribution in [0.25, 0.3) is 0 Å². The van der Waals surface area contributed by atoms with Gasteiger partial charge in [0.05, 0.1) is 11.5 Å². The number of hydrogen-bond donors (Lipinski definition) is 0. The Morgan fingerprint density at radius 3 is 2.76 bits per heavy atom. The van der Waals surface area contributed by atoms with Gasteiger partial charge in [-0.2, -0.15) is 0 Å². The second-order valence-electron chi connectivity index (χ2n) is 3.05. The summed E-state index contributed by atoms with van der Waals surface area (Å²) in [5, 5.41) is 10.6. The summed E-state index contributed by atoms with van der Waals surface area (Å²) >= 11 is 0. The van der Waals surface area contributed by atoms with Gasteiger partial charge in [0.2, 0.25) is 0 Å². The van der Waals surface area contributed by atoms with Crippen molar-refractivity contribution in [3.63, 3.8) is 0 Å². The summed E-state index contributed by atoms with van der Waals surface area (Å²) in [5.41, 5.74) is -0.903. The van der Waals surface area contributed by atoms with Crippen LogP contribution < -0.4 is 0 Å². The van der Waals surface area contributed by atoms with Gasteiger partial charge in [0.25, 0.3) is 5.69 Å². The first-order valence-corrected chi connectivity index (χ1v) is 4.66. The summed E-state index contributed by atoms with van der Waals surface area (Å²) in [5.74, 6) is -1.69. The Labute approximate surface area is 96.1 Å². The van der Waals surface area contributed by atoms with Crippen LogP contribution in [0, 0.1) is 15.9 Å². The molecule has 0 unspecified atom stereocenters. The van der Waals surface area contributed by atoms with Gasteiger partial charge in [-0.05, 0) is 12.1 Å². The zero-order chi connectivity index (χ0) is 12.8. The van der Waals surface area contributed by atoms with E-state index < -0.39 is 28.0 Å². The number of hydrogen-bond acceptors (Lipinski definition) is 5. The summed E-state index contributed by atoms with van der Waals surface area (Å²) < 4.78 is 22.2. The number of nitro groups is 1. The van der Waals surface area contributed by atoms with E-state index in [-0.39, 0.29) is 13.2 Å². The normalized spacial score (nSPS) is 10.0. The van der Waals surface area contributed by atoms with Crippen molar-refractivity contribution < 1.29 is 23.6 Å². The van der Waals surface area contributed by atoms with Crippen LogP contribution in [0.1, 0.15) is 10.4 Å². The third-order valence-corrected chi connectivity index (χ3v) is 1.90. The van der Waals surface area contributed by atoms with Crippen molar-refractivity contribution in [3.05, 3.63) is 39.7 Å². The maximum Gasteiger partial charge on any atom is 0.345 e. The number of methoxy groups -OCH3 is 1. The monoisotopic (exact) mass is 243 g/mol. The molecule has 1 aromatic rings. The van der Waals surface area contributed by atoms with E-state index in [0.717, 1.165) is 18.2 Å². The molecule has 0 heterocycles. The van der Waals surface area contributed by atoms with Gasteiger partial charge >= 0.3 is 5.97 Å². The minimum atomic E-state index is -0.951. The maximum atomic E-state index is 12.9. The number of rotatable bonds is 5. The molecule has 0 saturated carbocycles. The first-order valence-electron chi connectivity index (χ1n) is 4.66. The fourth-order valence-corrected chi connectivity index (χ4v) is 1.13. The summed E-state index contributed by atoms with van der Waals surface area (Å²) in [6, 6.07) is 2.60. The second kappa shape index (κ2) is 5.90. The molecule has 0 bridgehead atoms. The van der Waals surface area contributed by atoms with Crippen LogP contribution >= 0.6 is 0 Å². The molecule has 0 spiro atoms. The molecule has 0 fully saturated rings. The SMILES string of the molecule is COCCOC(=O)c1cc(F)ccc1[N+](=O)[O-]. The molecule has 7 heteroatoms. The number of benzene rings is 1. The zero-order valence-electron chi connectivity index (χ0n) is 9.01. The Bertz CT molecular complexity index is 435. The van der Waals surface area contributed by atoms with E-state index in [1.54, 1.807) is 0 Å². The highest BCUT2D eigenvalue weighted by atomic mass is 19.1. The molecule has 0 aliphatic heterocycles. The fraction of sp³-hybridized carbons (Fsp3) is 0.300. The highest BCUT2D eigenvalue weighted by Crippen LogP contribution is 2.20. The molecule has 0 amide bonds. The molecule has 92 valence electrons. The van der Waals surface area contributed by atoms with Crippen LogP contribution in [-0.4, -0.2) is 31.2 Å². The summed E-state index contributed by atoms with van der Waals surface area (Å²) in [6.07, 6.45) is 0. The van der Waals surface area contributed by atoms with Crippen LogP contribution in [0.3, 0.4) is 0 Å². The largest absolute Gasteiger partial charge is 0.459 e. The highest BCUT2D eigenvalue weighted by Gasteiger charge is 2.21. The number of carbonyl (C=O) groups excluding carboxylic acids is 1. The van der Waals surface area contributed by atoms with Gasteiger partial charge < -0.3 is 9.47 Å². The summed E-state index contributed by atoms with van der Waals surface area (Å²) in [6.45, 7) is 0.109. The lowest BCUT2D eigenvalue weighted by Gasteiger charge is -2.04. The molecule has 0 atom stereocenters. The van der Waals surface area contributed by atoms with Gasteiger partial charge in [0.1, 0.15) is 18.0 Å². The van der Waals surface area contributed by atoms with Crippen molar-refractivity contribution in [1.82, 2.24) is 0 Å². The molecule has 1 rings (SSSR count). The van der Waals surface area contributed by atoms with Crippen molar-refractivity contribution in [2.75, 3.05) is 20.3 Å². The molecule has 0 N–H and O–H groups in total. The third kappa shape index (κ3) is 3.49.